The minimum Gasteiger partial charge on any atom is -0.271 e. The molecule has 1 unspecified atom stereocenters. The maximum Gasteiger partial charge on any atom is 0.0736 e. The van der Waals surface area contributed by atoms with Crippen molar-refractivity contribution in [1.29, 1.82) is 0 Å². The van der Waals surface area contributed by atoms with Crippen molar-refractivity contribution in [1.82, 2.24) is 10.4 Å². The van der Waals surface area contributed by atoms with Crippen LogP contribution in [-0.2, 0) is 0 Å². The highest BCUT2D eigenvalue weighted by atomic mass is 79.9. The zero-order chi connectivity index (χ0) is 14.8. The topological polar surface area (TPSA) is 50.9 Å². The highest BCUT2D eigenvalue weighted by Gasteiger charge is 2.19. The summed E-state index contributed by atoms with van der Waals surface area (Å²) in [7, 11) is 0. The van der Waals surface area contributed by atoms with Gasteiger partial charge in [0, 0.05) is 9.86 Å². The van der Waals surface area contributed by atoms with Crippen molar-refractivity contribution in [3.8, 4) is 0 Å². The number of halogens is 1. The fourth-order valence-electron chi connectivity index (χ4n) is 2.23. The average molecular weight is 336 g/mol. The Morgan fingerprint density at radius 3 is 2.65 bits per heavy atom. The summed E-state index contributed by atoms with van der Waals surface area (Å²) >= 11 is 3.62. The van der Waals surface area contributed by atoms with Gasteiger partial charge in [-0.15, -0.1) is 0 Å². The monoisotopic (exact) mass is 335 g/mol. The van der Waals surface area contributed by atoms with Gasteiger partial charge in [-0.2, -0.15) is 0 Å². The Morgan fingerprint density at radius 1 is 1.30 bits per heavy atom. The molecule has 108 valence electrons. The lowest BCUT2D eigenvalue weighted by atomic mass is 9.88. The maximum atomic E-state index is 5.74. The Hall–Kier alpha value is -0.970. The number of hydrogen-bond donors (Lipinski definition) is 2. The largest absolute Gasteiger partial charge is 0.271 e. The van der Waals surface area contributed by atoms with E-state index in [1.165, 1.54) is 0 Å². The first-order valence-electron chi connectivity index (χ1n) is 6.92. The number of hydrazine groups is 1. The normalized spacial score (nSPS) is 13.7. The first kappa shape index (κ1) is 15.4. The molecule has 0 spiro atoms. The van der Waals surface area contributed by atoms with E-state index >= 15 is 0 Å². The number of fused-ring (bicyclic) bond motifs is 1. The number of pyridine rings is 1. The van der Waals surface area contributed by atoms with Gasteiger partial charge in [0.05, 0.1) is 17.3 Å². The first-order valence-corrected chi connectivity index (χ1v) is 7.71. The van der Waals surface area contributed by atoms with Crippen LogP contribution in [-0.4, -0.2) is 4.98 Å². The highest BCUT2D eigenvalue weighted by molar-refractivity contribution is 9.10. The quantitative estimate of drug-likeness (QED) is 0.645. The standard InChI is InChI=1S/C16H22BrN3/c1-16(2,3)9-8-14(20-18)15-12(17)10-11-6-4-5-7-13(11)19-15/h4-7,10,14,20H,8-9,18H2,1-3H3. The number of benzene rings is 1. The summed E-state index contributed by atoms with van der Waals surface area (Å²) in [5, 5.41) is 1.13. The van der Waals surface area contributed by atoms with Crippen LogP contribution < -0.4 is 11.3 Å². The molecule has 0 amide bonds. The lowest BCUT2D eigenvalue weighted by Crippen LogP contribution is -2.30. The number of hydrogen-bond acceptors (Lipinski definition) is 3. The molecular weight excluding hydrogens is 314 g/mol. The van der Waals surface area contributed by atoms with E-state index < -0.39 is 0 Å². The Bertz CT molecular complexity index is 590. The van der Waals surface area contributed by atoms with E-state index in [-0.39, 0.29) is 6.04 Å². The van der Waals surface area contributed by atoms with Gasteiger partial charge in [0.25, 0.3) is 0 Å². The number of aromatic nitrogens is 1. The molecule has 4 heteroatoms. The number of para-hydroxylation sites is 1. The SMILES string of the molecule is CC(C)(C)CCC(NN)c1nc2ccccc2cc1Br. The minimum atomic E-state index is 0.0632. The molecular formula is C16H22BrN3. The number of nitrogens with two attached hydrogens (primary N) is 1. The zero-order valence-corrected chi connectivity index (χ0v) is 13.9. The zero-order valence-electron chi connectivity index (χ0n) is 12.3. The minimum absolute atomic E-state index is 0.0632. The van der Waals surface area contributed by atoms with Crippen molar-refractivity contribution in [2.75, 3.05) is 0 Å². The van der Waals surface area contributed by atoms with Crippen LogP contribution in [0.1, 0.15) is 45.3 Å². The summed E-state index contributed by atoms with van der Waals surface area (Å²) in [6, 6.07) is 10.3. The second-order valence-electron chi connectivity index (χ2n) is 6.37. The third-order valence-corrected chi connectivity index (χ3v) is 4.05. The predicted octanol–water partition coefficient (Wildman–Crippen LogP) is 4.33. The third kappa shape index (κ3) is 3.78. The Labute approximate surface area is 129 Å². The number of rotatable bonds is 4. The van der Waals surface area contributed by atoms with Gasteiger partial charge in [-0.05, 0) is 46.3 Å². The van der Waals surface area contributed by atoms with E-state index in [1.807, 2.05) is 18.2 Å². The van der Waals surface area contributed by atoms with E-state index in [2.05, 4.69) is 54.3 Å². The second-order valence-corrected chi connectivity index (χ2v) is 7.22. The van der Waals surface area contributed by atoms with Crippen molar-refractivity contribution in [2.45, 2.75) is 39.7 Å². The lowest BCUT2D eigenvalue weighted by Gasteiger charge is -2.23. The van der Waals surface area contributed by atoms with E-state index in [4.69, 9.17) is 10.8 Å². The van der Waals surface area contributed by atoms with Crippen molar-refractivity contribution >= 4 is 26.8 Å². The summed E-state index contributed by atoms with van der Waals surface area (Å²) < 4.78 is 1.01. The predicted molar refractivity (Wildman–Crippen MR) is 88.2 cm³/mol. The van der Waals surface area contributed by atoms with E-state index in [0.29, 0.717) is 5.41 Å². The Morgan fingerprint density at radius 2 is 2.00 bits per heavy atom. The van der Waals surface area contributed by atoms with Crippen LogP contribution in [0.25, 0.3) is 10.9 Å². The summed E-state index contributed by atoms with van der Waals surface area (Å²) in [6.07, 6.45) is 2.05. The van der Waals surface area contributed by atoms with Crippen molar-refractivity contribution in [3.63, 3.8) is 0 Å². The molecule has 1 atom stereocenters. The van der Waals surface area contributed by atoms with Gasteiger partial charge in [0.15, 0.2) is 0 Å². The molecule has 0 aliphatic rings. The Kier molecular flexibility index (Phi) is 4.78. The molecule has 0 aliphatic carbocycles. The molecule has 0 bridgehead atoms. The summed E-state index contributed by atoms with van der Waals surface area (Å²) in [5.74, 6) is 5.74. The molecule has 3 nitrogen and oxygen atoms in total. The highest BCUT2D eigenvalue weighted by Crippen LogP contribution is 2.31. The molecule has 0 saturated heterocycles. The molecule has 1 heterocycles. The van der Waals surface area contributed by atoms with Crippen molar-refractivity contribution in [3.05, 3.63) is 40.5 Å². The van der Waals surface area contributed by atoms with Gasteiger partial charge < -0.3 is 0 Å². The van der Waals surface area contributed by atoms with Crippen LogP contribution >= 0.6 is 15.9 Å². The third-order valence-electron chi connectivity index (χ3n) is 3.42. The van der Waals surface area contributed by atoms with Crippen LogP contribution in [0.15, 0.2) is 34.8 Å². The summed E-state index contributed by atoms with van der Waals surface area (Å²) in [6.45, 7) is 6.72. The number of nitrogens with one attached hydrogen (secondary N) is 1. The molecule has 0 saturated carbocycles. The first-order chi connectivity index (χ1) is 9.40. The summed E-state index contributed by atoms with van der Waals surface area (Å²) in [5.41, 5.74) is 5.18. The van der Waals surface area contributed by atoms with Gasteiger partial charge in [0.2, 0.25) is 0 Å². The van der Waals surface area contributed by atoms with Crippen LogP contribution in [0.5, 0.6) is 0 Å². The fourth-order valence-corrected chi connectivity index (χ4v) is 2.84. The van der Waals surface area contributed by atoms with E-state index in [0.717, 1.165) is 33.9 Å². The van der Waals surface area contributed by atoms with Crippen molar-refractivity contribution in [2.24, 2.45) is 11.3 Å². The van der Waals surface area contributed by atoms with Crippen LogP contribution in [0, 0.1) is 5.41 Å². The van der Waals surface area contributed by atoms with Crippen LogP contribution in [0.3, 0.4) is 0 Å². The molecule has 0 fully saturated rings. The smallest absolute Gasteiger partial charge is 0.0736 e. The average Bonchev–Trinajstić information content (AvgIpc) is 2.38. The van der Waals surface area contributed by atoms with Crippen molar-refractivity contribution < 1.29 is 0 Å². The van der Waals surface area contributed by atoms with Gasteiger partial charge >= 0.3 is 0 Å². The molecule has 1 aromatic heterocycles. The molecule has 0 radical (unpaired) electrons. The van der Waals surface area contributed by atoms with Crippen LogP contribution in [0.4, 0.5) is 0 Å². The molecule has 1 aromatic carbocycles. The van der Waals surface area contributed by atoms with E-state index in [1.54, 1.807) is 0 Å². The Balaban J connectivity index is 2.31. The van der Waals surface area contributed by atoms with Gasteiger partial charge in [-0.3, -0.25) is 11.3 Å². The van der Waals surface area contributed by atoms with E-state index in [9.17, 15) is 0 Å². The maximum absolute atomic E-state index is 5.74. The summed E-state index contributed by atoms with van der Waals surface area (Å²) in [4.78, 5) is 4.76. The molecule has 0 aliphatic heterocycles. The van der Waals surface area contributed by atoms with Crippen LogP contribution in [0.2, 0.25) is 0 Å². The van der Waals surface area contributed by atoms with Gasteiger partial charge in [0.1, 0.15) is 0 Å². The molecule has 3 N–H and O–H groups in total. The van der Waals surface area contributed by atoms with Gasteiger partial charge in [-0.25, -0.2) is 4.98 Å². The number of nitrogens with zero attached hydrogens (tertiary/aromatic N) is 1. The van der Waals surface area contributed by atoms with Gasteiger partial charge in [-0.1, -0.05) is 39.0 Å². The molecule has 2 rings (SSSR count). The second kappa shape index (κ2) is 6.20. The lowest BCUT2D eigenvalue weighted by molar-refractivity contribution is 0.331. The molecule has 20 heavy (non-hydrogen) atoms. The fraction of sp³-hybridized carbons (Fsp3) is 0.438. The molecule has 2 aromatic rings.